The molecule has 0 bridgehead atoms. The van der Waals surface area contributed by atoms with Gasteiger partial charge < -0.3 is 10.6 Å². The Kier molecular flexibility index (Phi) is 5.92. The number of unbranched alkanes of at least 4 members (excludes halogenated alkanes) is 1. The minimum Gasteiger partial charge on any atom is -0.370 e. The van der Waals surface area contributed by atoms with Crippen LogP contribution in [0.15, 0.2) is 12.1 Å². The summed E-state index contributed by atoms with van der Waals surface area (Å²) in [6, 6.07) is 2.09. The predicted octanol–water partition coefficient (Wildman–Crippen LogP) is 4.13. The summed E-state index contributed by atoms with van der Waals surface area (Å²) in [5, 5.41) is 5.81. The highest BCUT2D eigenvalue weighted by atomic mass is 19.4. The van der Waals surface area contributed by atoms with E-state index in [0.29, 0.717) is 13.1 Å². The molecule has 0 saturated carbocycles. The maximum absolute atomic E-state index is 12.8. The molecule has 0 saturated heterocycles. The molecule has 0 unspecified atom stereocenters. The van der Waals surface area contributed by atoms with Crippen molar-refractivity contribution in [1.82, 2.24) is 4.98 Å². The topological polar surface area (TPSA) is 37.0 Å². The summed E-state index contributed by atoms with van der Waals surface area (Å²) in [6.45, 7) is 5.19. The molecule has 0 aliphatic rings. The fraction of sp³-hybridized carbons (Fsp3) is 0.615. The van der Waals surface area contributed by atoms with Crippen LogP contribution >= 0.6 is 0 Å². The number of alkyl halides is 3. The van der Waals surface area contributed by atoms with Gasteiger partial charge in [0, 0.05) is 13.1 Å². The van der Waals surface area contributed by atoms with Crippen molar-refractivity contribution in [3.63, 3.8) is 0 Å². The monoisotopic (exact) mass is 275 g/mol. The van der Waals surface area contributed by atoms with Crippen LogP contribution in [0.2, 0.25) is 0 Å². The lowest BCUT2D eigenvalue weighted by Crippen LogP contribution is -2.11. The van der Waals surface area contributed by atoms with Gasteiger partial charge in [0.1, 0.15) is 11.6 Å². The standard InChI is InChI=1S/C13H20F3N3/c1-3-5-7-18-12-9-10(13(14,15)16)8-11(19-12)17-6-4-2/h8-9H,3-7H2,1-2H3,(H2,17,18,19). The molecule has 0 aliphatic carbocycles. The SMILES string of the molecule is CCCCNc1cc(C(F)(F)F)cc(NCCC)n1. The van der Waals surface area contributed by atoms with Gasteiger partial charge in [0.25, 0.3) is 0 Å². The molecule has 0 fully saturated rings. The number of hydrogen-bond donors (Lipinski definition) is 2. The van der Waals surface area contributed by atoms with Gasteiger partial charge in [0.05, 0.1) is 5.56 Å². The molecule has 19 heavy (non-hydrogen) atoms. The number of halogens is 3. The Labute approximate surface area is 111 Å². The van der Waals surface area contributed by atoms with Crippen LogP contribution in [0.1, 0.15) is 38.7 Å². The Morgan fingerprint density at radius 2 is 1.58 bits per heavy atom. The maximum Gasteiger partial charge on any atom is 0.416 e. The second kappa shape index (κ2) is 7.21. The zero-order valence-corrected chi connectivity index (χ0v) is 11.3. The fourth-order valence-corrected chi connectivity index (χ4v) is 1.52. The summed E-state index contributed by atoms with van der Waals surface area (Å²) in [5.41, 5.74) is -0.680. The summed E-state index contributed by atoms with van der Waals surface area (Å²) in [5.74, 6) is 0.526. The van der Waals surface area contributed by atoms with Crippen LogP contribution in [-0.4, -0.2) is 18.1 Å². The number of hydrogen-bond acceptors (Lipinski definition) is 3. The van der Waals surface area contributed by atoms with E-state index in [1.54, 1.807) is 0 Å². The molecule has 0 radical (unpaired) electrons. The third-order valence-corrected chi connectivity index (χ3v) is 2.55. The van der Waals surface area contributed by atoms with E-state index in [1.807, 2.05) is 13.8 Å². The predicted molar refractivity (Wildman–Crippen MR) is 71.4 cm³/mol. The van der Waals surface area contributed by atoms with E-state index < -0.39 is 11.7 Å². The first-order valence-corrected chi connectivity index (χ1v) is 6.54. The van der Waals surface area contributed by atoms with Crippen LogP contribution in [0.4, 0.5) is 24.8 Å². The van der Waals surface area contributed by atoms with Gasteiger partial charge in [-0.25, -0.2) is 4.98 Å². The summed E-state index contributed by atoms with van der Waals surface area (Å²) in [7, 11) is 0. The van der Waals surface area contributed by atoms with E-state index in [4.69, 9.17) is 0 Å². The normalized spacial score (nSPS) is 11.4. The summed E-state index contributed by atoms with van der Waals surface area (Å²) < 4.78 is 38.3. The molecular weight excluding hydrogens is 255 g/mol. The van der Waals surface area contributed by atoms with Gasteiger partial charge in [0.2, 0.25) is 0 Å². The highest BCUT2D eigenvalue weighted by molar-refractivity contribution is 5.49. The van der Waals surface area contributed by atoms with Gasteiger partial charge in [-0.2, -0.15) is 13.2 Å². The van der Waals surface area contributed by atoms with Crippen LogP contribution in [0.25, 0.3) is 0 Å². The smallest absolute Gasteiger partial charge is 0.370 e. The molecule has 0 spiro atoms. The lowest BCUT2D eigenvalue weighted by molar-refractivity contribution is -0.137. The van der Waals surface area contributed by atoms with E-state index in [0.717, 1.165) is 31.4 Å². The third-order valence-electron chi connectivity index (χ3n) is 2.55. The van der Waals surface area contributed by atoms with Crippen LogP contribution in [0.5, 0.6) is 0 Å². The van der Waals surface area contributed by atoms with Crippen molar-refractivity contribution in [2.24, 2.45) is 0 Å². The van der Waals surface area contributed by atoms with Crippen molar-refractivity contribution in [2.45, 2.75) is 39.3 Å². The number of nitrogens with one attached hydrogen (secondary N) is 2. The molecular formula is C13H20F3N3. The zero-order valence-electron chi connectivity index (χ0n) is 11.3. The van der Waals surface area contributed by atoms with Crippen molar-refractivity contribution in [1.29, 1.82) is 0 Å². The van der Waals surface area contributed by atoms with E-state index >= 15 is 0 Å². The molecule has 0 amide bonds. The molecule has 3 nitrogen and oxygen atoms in total. The molecule has 0 atom stereocenters. The molecule has 1 rings (SSSR count). The number of anilines is 2. The van der Waals surface area contributed by atoms with Gasteiger partial charge in [0.15, 0.2) is 0 Å². The first kappa shape index (κ1) is 15.6. The summed E-state index contributed by atoms with van der Waals surface area (Å²) in [6.07, 6.45) is -1.65. The Morgan fingerprint density at radius 3 is 2.05 bits per heavy atom. The van der Waals surface area contributed by atoms with E-state index in [2.05, 4.69) is 15.6 Å². The molecule has 1 heterocycles. The van der Waals surface area contributed by atoms with Crippen LogP contribution in [0.3, 0.4) is 0 Å². The van der Waals surface area contributed by atoms with Crippen LogP contribution in [-0.2, 0) is 6.18 Å². The quantitative estimate of drug-likeness (QED) is 0.734. The van der Waals surface area contributed by atoms with E-state index in [-0.39, 0.29) is 11.6 Å². The molecule has 108 valence electrons. The second-order valence-corrected chi connectivity index (χ2v) is 4.33. The molecule has 0 aliphatic heterocycles. The average Bonchev–Trinajstić information content (AvgIpc) is 2.35. The highest BCUT2D eigenvalue weighted by Gasteiger charge is 2.31. The fourth-order valence-electron chi connectivity index (χ4n) is 1.52. The lowest BCUT2D eigenvalue weighted by Gasteiger charge is -2.13. The van der Waals surface area contributed by atoms with Crippen molar-refractivity contribution in [3.05, 3.63) is 17.7 Å². The molecule has 1 aromatic rings. The van der Waals surface area contributed by atoms with Gasteiger partial charge >= 0.3 is 6.18 Å². The average molecular weight is 275 g/mol. The second-order valence-electron chi connectivity index (χ2n) is 4.33. The van der Waals surface area contributed by atoms with Crippen LogP contribution < -0.4 is 10.6 Å². The first-order valence-electron chi connectivity index (χ1n) is 6.54. The number of aromatic nitrogens is 1. The summed E-state index contributed by atoms with van der Waals surface area (Å²) in [4.78, 5) is 4.13. The minimum absolute atomic E-state index is 0.260. The molecule has 2 N–H and O–H groups in total. The molecule has 1 aromatic heterocycles. The molecule has 6 heteroatoms. The van der Waals surface area contributed by atoms with Crippen molar-refractivity contribution in [3.8, 4) is 0 Å². The number of rotatable bonds is 7. The van der Waals surface area contributed by atoms with Crippen molar-refractivity contribution >= 4 is 11.6 Å². The highest BCUT2D eigenvalue weighted by Crippen LogP contribution is 2.32. The van der Waals surface area contributed by atoms with E-state index in [1.165, 1.54) is 0 Å². The Balaban J connectivity index is 2.89. The van der Waals surface area contributed by atoms with Crippen LogP contribution in [0, 0.1) is 0 Å². The van der Waals surface area contributed by atoms with Crippen molar-refractivity contribution < 1.29 is 13.2 Å². The Hall–Kier alpha value is -1.46. The van der Waals surface area contributed by atoms with Gasteiger partial charge in [-0.05, 0) is 25.0 Å². The zero-order chi connectivity index (χ0) is 14.3. The minimum atomic E-state index is -4.35. The van der Waals surface area contributed by atoms with Crippen molar-refractivity contribution in [2.75, 3.05) is 23.7 Å². The van der Waals surface area contributed by atoms with E-state index in [9.17, 15) is 13.2 Å². The third kappa shape index (κ3) is 5.36. The van der Waals surface area contributed by atoms with Gasteiger partial charge in [-0.1, -0.05) is 20.3 Å². The lowest BCUT2D eigenvalue weighted by atomic mass is 10.2. The molecule has 0 aromatic carbocycles. The maximum atomic E-state index is 12.8. The number of nitrogens with zero attached hydrogens (tertiary/aromatic N) is 1. The number of pyridine rings is 1. The Bertz CT molecular complexity index is 391. The Morgan fingerprint density at radius 1 is 1.00 bits per heavy atom. The first-order chi connectivity index (χ1) is 8.97. The summed E-state index contributed by atoms with van der Waals surface area (Å²) >= 11 is 0. The largest absolute Gasteiger partial charge is 0.416 e. The van der Waals surface area contributed by atoms with Gasteiger partial charge in [-0.3, -0.25) is 0 Å². The van der Waals surface area contributed by atoms with Gasteiger partial charge in [-0.15, -0.1) is 0 Å².